The minimum absolute atomic E-state index is 0.00931. The zero-order chi connectivity index (χ0) is 22.9. The summed E-state index contributed by atoms with van der Waals surface area (Å²) in [7, 11) is -3.04. The highest BCUT2D eigenvalue weighted by Crippen LogP contribution is 2.33. The highest BCUT2D eigenvalue weighted by molar-refractivity contribution is 7.89. The molecule has 0 bridgehead atoms. The predicted molar refractivity (Wildman–Crippen MR) is 117 cm³/mol. The third kappa shape index (κ3) is 4.02. The molecule has 8 heteroatoms. The number of ketones is 1. The van der Waals surface area contributed by atoms with E-state index in [-0.39, 0.29) is 17.0 Å². The summed E-state index contributed by atoms with van der Waals surface area (Å²) >= 11 is 0. The Hall–Kier alpha value is -3.49. The number of fused-ring (bicyclic) bond motifs is 1. The van der Waals surface area contributed by atoms with Crippen LogP contribution in [0, 0.1) is 6.92 Å². The number of methoxy groups -OCH3 is 1. The molecule has 1 heterocycles. The number of rotatable bonds is 5. The molecule has 0 spiro atoms. The average Bonchev–Trinajstić information content (AvgIpc) is 2.79. The molecule has 164 valence electrons. The van der Waals surface area contributed by atoms with Gasteiger partial charge in [0.2, 0.25) is 10.0 Å². The van der Waals surface area contributed by atoms with E-state index in [4.69, 9.17) is 9.47 Å². The molecule has 1 aliphatic rings. The molecule has 0 aromatic heterocycles. The SMILES string of the molecule is COC(=O)C1C(=O)c2ccc(Oc3ccccc3)cc2CN1S(=O)(=O)c1ccc(C)cc1. The van der Waals surface area contributed by atoms with E-state index in [1.807, 2.05) is 25.1 Å². The van der Waals surface area contributed by atoms with Crippen molar-refractivity contribution in [3.05, 3.63) is 89.5 Å². The first kappa shape index (κ1) is 21.7. The number of hydrogen-bond donors (Lipinski definition) is 0. The third-order valence-corrected chi connectivity index (χ3v) is 7.06. The minimum Gasteiger partial charge on any atom is -0.467 e. The lowest BCUT2D eigenvalue weighted by Crippen LogP contribution is -2.52. The molecule has 3 aromatic carbocycles. The van der Waals surface area contributed by atoms with Crippen LogP contribution >= 0.6 is 0 Å². The summed E-state index contributed by atoms with van der Waals surface area (Å²) in [6, 6.07) is 18.5. The number of para-hydroxylation sites is 1. The van der Waals surface area contributed by atoms with Gasteiger partial charge in [-0.25, -0.2) is 13.2 Å². The number of aryl methyl sites for hydroxylation is 1. The zero-order valence-corrected chi connectivity index (χ0v) is 18.3. The fourth-order valence-electron chi connectivity index (χ4n) is 3.57. The van der Waals surface area contributed by atoms with Crippen LogP contribution in [0.25, 0.3) is 0 Å². The van der Waals surface area contributed by atoms with Crippen LogP contribution in [-0.4, -0.2) is 37.6 Å². The average molecular weight is 452 g/mol. The van der Waals surface area contributed by atoms with Gasteiger partial charge >= 0.3 is 5.97 Å². The Bertz CT molecular complexity index is 1270. The van der Waals surface area contributed by atoms with E-state index in [0.29, 0.717) is 17.1 Å². The Kier molecular flexibility index (Phi) is 5.82. The van der Waals surface area contributed by atoms with Crippen molar-refractivity contribution in [3.8, 4) is 11.5 Å². The number of esters is 1. The molecule has 0 saturated carbocycles. The van der Waals surface area contributed by atoms with E-state index in [0.717, 1.165) is 17.0 Å². The van der Waals surface area contributed by atoms with Crippen molar-refractivity contribution >= 4 is 21.8 Å². The molecular formula is C24H21NO6S. The van der Waals surface area contributed by atoms with Gasteiger partial charge in [0.15, 0.2) is 11.8 Å². The number of carbonyl (C=O) groups is 2. The topological polar surface area (TPSA) is 90.0 Å². The summed E-state index contributed by atoms with van der Waals surface area (Å²) in [6.45, 7) is 1.66. The van der Waals surface area contributed by atoms with E-state index < -0.39 is 27.8 Å². The van der Waals surface area contributed by atoms with Crippen molar-refractivity contribution in [1.29, 1.82) is 0 Å². The van der Waals surface area contributed by atoms with Crippen LogP contribution in [0.2, 0.25) is 0 Å². The first-order chi connectivity index (χ1) is 15.3. The number of nitrogens with zero attached hydrogens (tertiary/aromatic N) is 1. The van der Waals surface area contributed by atoms with Gasteiger partial charge in [0.25, 0.3) is 0 Å². The van der Waals surface area contributed by atoms with Gasteiger partial charge in [-0.15, -0.1) is 0 Å². The van der Waals surface area contributed by atoms with Crippen LogP contribution in [0.4, 0.5) is 0 Å². The maximum absolute atomic E-state index is 13.4. The van der Waals surface area contributed by atoms with E-state index in [9.17, 15) is 18.0 Å². The van der Waals surface area contributed by atoms with Crippen LogP contribution < -0.4 is 4.74 Å². The maximum atomic E-state index is 13.4. The van der Waals surface area contributed by atoms with Crippen LogP contribution in [0.1, 0.15) is 21.5 Å². The quantitative estimate of drug-likeness (QED) is 0.434. The Morgan fingerprint density at radius 2 is 1.66 bits per heavy atom. The summed E-state index contributed by atoms with van der Waals surface area (Å²) in [6.07, 6.45) is 0. The smallest absolute Gasteiger partial charge is 0.332 e. The second-order valence-corrected chi connectivity index (χ2v) is 9.28. The molecule has 0 aliphatic carbocycles. The first-order valence-electron chi connectivity index (χ1n) is 9.87. The second-order valence-electron chi connectivity index (χ2n) is 7.39. The normalized spacial score (nSPS) is 16.3. The highest BCUT2D eigenvalue weighted by atomic mass is 32.2. The molecule has 0 N–H and O–H groups in total. The number of hydrogen-bond acceptors (Lipinski definition) is 6. The molecule has 1 unspecified atom stereocenters. The summed E-state index contributed by atoms with van der Waals surface area (Å²) in [5, 5.41) is 0. The monoisotopic (exact) mass is 451 g/mol. The van der Waals surface area contributed by atoms with Crippen LogP contribution in [-0.2, 0) is 26.1 Å². The third-order valence-electron chi connectivity index (χ3n) is 5.24. The van der Waals surface area contributed by atoms with Crippen LogP contribution in [0.15, 0.2) is 77.7 Å². The van der Waals surface area contributed by atoms with Gasteiger partial charge in [-0.05, 0) is 55.0 Å². The molecule has 0 amide bonds. The summed E-state index contributed by atoms with van der Waals surface area (Å²) in [5.74, 6) is -0.515. The second kappa shape index (κ2) is 8.57. The van der Waals surface area contributed by atoms with Crippen molar-refractivity contribution in [1.82, 2.24) is 4.31 Å². The fourth-order valence-corrected chi connectivity index (χ4v) is 5.09. The molecule has 1 atom stereocenters. The minimum atomic E-state index is -4.16. The van der Waals surface area contributed by atoms with E-state index >= 15 is 0 Å². The van der Waals surface area contributed by atoms with Crippen LogP contribution in [0.3, 0.4) is 0 Å². The van der Waals surface area contributed by atoms with Gasteiger partial charge in [0.05, 0.1) is 12.0 Å². The van der Waals surface area contributed by atoms with Gasteiger partial charge in [-0.1, -0.05) is 35.9 Å². The molecule has 1 aliphatic heterocycles. The van der Waals surface area contributed by atoms with Gasteiger partial charge in [-0.3, -0.25) is 4.79 Å². The Labute approximate surface area is 186 Å². The van der Waals surface area contributed by atoms with Gasteiger partial charge in [0, 0.05) is 12.1 Å². The number of benzene rings is 3. The molecule has 32 heavy (non-hydrogen) atoms. The van der Waals surface area contributed by atoms with Crippen molar-refractivity contribution in [2.75, 3.05) is 7.11 Å². The van der Waals surface area contributed by atoms with Gasteiger partial charge < -0.3 is 9.47 Å². The maximum Gasteiger partial charge on any atom is 0.332 e. The van der Waals surface area contributed by atoms with Crippen molar-refractivity contribution in [3.63, 3.8) is 0 Å². The molecule has 0 fully saturated rings. The van der Waals surface area contributed by atoms with Crippen LogP contribution in [0.5, 0.6) is 11.5 Å². The van der Waals surface area contributed by atoms with E-state index in [2.05, 4.69) is 0 Å². The van der Waals surface area contributed by atoms with E-state index in [1.165, 1.54) is 12.1 Å². The highest BCUT2D eigenvalue weighted by Gasteiger charge is 2.46. The lowest BCUT2D eigenvalue weighted by atomic mass is 9.94. The predicted octanol–water partition coefficient (Wildman–Crippen LogP) is 3.72. The first-order valence-corrected chi connectivity index (χ1v) is 11.3. The van der Waals surface area contributed by atoms with Gasteiger partial charge in [0.1, 0.15) is 11.5 Å². The summed E-state index contributed by atoms with van der Waals surface area (Å²) in [4.78, 5) is 25.6. The lowest BCUT2D eigenvalue weighted by molar-refractivity contribution is -0.143. The molecule has 0 saturated heterocycles. The molecule has 7 nitrogen and oxygen atoms in total. The Morgan fingerprint density at radius 3 is 2.31 bits per heavy atom. The Balaban J connectivity index is 1.76. The van der Waals surface area contributed by atoms with E-state index in [1.54, 1.807) is 42.5 Å². The fraction of sp³-hybridized carbons (Fsp3) is 0.167. The largest absolute Gasteiger partial charge is 0.467 e. The number of Topliss-reactive ketones (excluding diaryl/α,β-unsaturated/α-hetero) is 1. The Morgan fingerprint density at radius 1 is 0.969 bits per heavy atom. The summed E-state index contributed by atoms with van der Waals surface area (Å²) in [5.41, 5.74) is 1.59. The van der Waals surface area contributed by atoms with Crippen molar-refractivity contribution in [2.24, 2.45) is 0 Å². The van der Waals surface area contributed by atoms with Crippen molar-refractivity contribution in [2.45, 2.75) is 24.4 Å². The van der Waals surface area contributed by atoms with Crippen molar-refractivity contribution < 1.29 is 27.5 Å². The molecule has 4 rings (SSSR count). The molecule has 3 aromatic rings. The standard InChI is InChI=1S/C24H21NO6S/c1-16-8-11-20(12-9-16)32(28,29)25-15-17-14-19(31-18-6-4-3-5-7-18)10-13-21(17)23(26)22(25)24(27)30-2/h3-14,22H,15H2,1-2H3. The number of ether oxygens (including phenoxy) is 2. The molecular weight excluding hydrogens is 430 g/mol. The lowest BCUT2D eigenvalue weighted by Gasteiger charge is -2.33. The molecule has 0 radical (unpaired) electrons. The summed E-state index contributed by atoms with van der Waals surface area (Å²) < 4.78 is 38.3. The zero-order valence-electron chi connectivity index (χ0n) is 17.5. The number of carbonyl (C=O) groups excluding carboxylic acids is 2. The number of sulfonamides is 1. The van der Waals surface area contributed by atoms with Gasteiger partial charge in [-0.2, -0.15) is 4.31 Å².